The lowest BCUT2D eigenvalue weighted by molar-refractivity contribution is -0.134. The van der Waals surface area contributed by atoms with Crippen LogP contribution in [0.15, 0.2) is 18.3 Å². The first-order valence-electron chi connectivity index (χ1n) is 7.02. The number of amides is 1. The van der Waals surface area contributed by atoms with E-state index < -0.39 is 0 Å². The molecular formula is C14H19N5O2. The SMILES string of the molecule is COCC(=O)N1CC[C@H](Nc2ccc3nc(C)cn3n2)C1. The van der Waals surface area contributed by atoms with E-state index >= 15 is 0 Å². The second kappa shape index (κ2) is 5.69. The van der Waals surface area contributed by atoms with Crippen LogP contribution in [0.25, 0.3) is 5.65 Å². The number of aryl methyl sites for hydroxylation is 1. The number of likely N-dealkylation sites (tertiary alicyclic amines) is 1. The van der Waals surface area contributed by atoms with Gasteiger partial charge in [0.05, 0.1) is 11.9 Å². The molecule has 1 aliphatic rings. The quantitative estimate of drug-likeness (QED) is 0.897. The van der Waals surface area contributed by atoms with Crippen molar-refractivity contribution < 1.29 is 9.53 Å². The fourth-order valence-electron chi connectivity index (χ4n) is 2.61. The van der Waals surface area contributed by atoms with Gasteiger partial charge in [0.25, 0.3) is 0 Å². The van der Waals surface area contributed by atoms with E-state index in [2.05, 4.69) is 15.4 Å². The smallest absolute Gasteiger partial charge is 0.248 e. The van der Waals surface area contributed by atoms with Gasteiger partial charge in [0.1, 0.15) is 12.4 Å². The van der Waals surface area contributed by atoms with E-state index in [1.54, 1.807) is 4.52 Å². The maximum absolute atomic E-state index is 11.8. The van der Waals surface area contributed by atoms with Crippen LogP contribution in [0.4, 0.5) is 5.82 Å². The van der Waals surface area contributed by atoms with Crippen molar-refractivity contribution in [2.45, 2.75) is 19.4 Å². The fraction of sp³-hybridized carbons (Fsp3) is 0.500. The molecule has 0 aliphatic carbocycles. The molecule has 3 heterocycles. The molecule has 2 aromatic heterocycles. The Bertz CT molecular complexity index is 654. The summed E-state index contributed by atoms with van der Waals surface area (Å²) in [6, 6.07) is 4.08. The Balaban J connectivity index is 1.64. The molecular weight excluding hydrogens is 270 g/mol. The summed E-state index contributed by atoms with van der Waals surface area (Å²) < 4.78 is 6.65. The lowest BCUT2D eigenvalue weighted by Gasteiger charge is -2.16. The molecule has 1 saturated heterocycles. The highest BCUT2D eigenvalue weighted by atomic mass is 16.5. The lowest BCUT2D eigenvalue weighted by atomic mass is 10.2. The minimum Gasteiger partial charge on any atom is -0.375 e. The van der Waals surface area contributed by atoms with Crippen molar-refractivity contribution in [2.24, 2.45) is 0 Å². The number of hydrogen-bond acceptors (Lipinski definition) is 5. The number of nitrogens with zero attached hydrogens (tertiary/aromatic N) is 4. The number of fused-ring (bicyclic) bond motifs is 1. The Morgan fingerprint density at radius 2 is 2.38 bits per heavy atom. The second-order valence-corrected chi connectivity index (χ2v) is 5.31. The first-order valence-corrected chi connectivity index (χ1v) is 7.02. The number of carbonyl (C=O) groups excluding carboxylic acids is 1. The molecule has 3 rings (SSSR count). The van der Waals surface area contributed by atoms with Crippen LogP contribution < -0.4 is 5.32 Å². The Hall–Kier alpha value is -2.15. The molecule has 0 bridgehead atoms. The summed E-state index contributed by atoms with van der Waals surface area (Å²) in [5, 5.41) is 7.86. The number of anilines is 1. The van der Waals surface area contributed by atoms with Crippen LogP contribution in [0.5, 0.6) is 0 Å². The number of ether oxygens (including phenoxy) is 1. The van der Waals surface area contributed by atoms with Gasteiger partial charge in [-0.2, -0.15) is 0 Å². The van der Waals surface area contributed by atoms with Crippen molar-refractivity contribution in [3.05, 3.63) is 24.0 Å². The predicted molar refractivity (Wildman–Crippen MR) is 78.2 cm³/mol. The Labute approximate surface area is 122 Å². The van der Waals surface area contributed by atoms with E-state index in [4.69, 9.17) is 4.74 Å². The number of nitrogens with one attached hydrogen (secondary N) is 1. The minimum atomic E-state index is 0.0374. The third kappa shape index (κ3) is 2.97. The molecule has 0 saturated carbocycles. The van der Waals surface area contributed by atoms with Crippen molar-refractivity contribution >= 4 is 17.4 Å². The number of hydrogen-bond donors (Lipinski definition) is 1. The summed E-state index contributed by atoms with van der Waals surface area (Å²) in [7, 11) is 1.54. The summed E-state index contributed by atoms with van der Waals surface area (Å²) in [5.41, 5.74) is 1.78. The molecule has 112 valence electrons. The van der Waals surface area contributed by atoms with Gasteiger partial charge in [-0.1, -0.05) is 0 Å². The summed E-state index contributed by atoms with van der Waals surface area (Å²) in [4.78, 5) is 17.9. The molecule has 0 aromatic carbocycles. The average molecular weight is 289 g/mol. The van der Waals surface area contributed by atoms with E-state index in [0.29, 0.717) is 6.54 Å². The molecule has 1 atom stereocenters. The van der Waals surface area contributed by atoms with Gasteiger partial charge in [0.15, 0.2) is 5.65 Å². The zero-order valence-corrected chi connectivity index (χ0v) is 12.2. The van der Waals surface area contributed by atoms with Crippen LogP contribution in [0, 0.1) is 6.92 Å². The van der Waals surface area contributed by atoms with Gasteiger partial charge in [-0.05, 0) is 25.5 Å². The summed E-state index contributed by atoms with van der Waals surface area (Å²) >= 11 is 0. The summed E-state index contributed by atoms with van der Waals surface area (Å²) in [6.45, 7) is 3.53. The Morgan fingerprint density at radius 1 is 1.52 bits per heavy atom. The summed E-state index contributed by atoms with van der Waals surface area (Å²) in [6.07, 6.45) is 2.81. The molecule has 1 fully saturated rings. The van der Waals surface area contributed by atoms with Crippen LogP contribution in [0.2, 0.25) is 0 Å². The maximum Gasteiger partial charge on any atom is 0.248 e. The third-order valence-electron chi connectivity index (χ3n) is 3.60. The number of imidazole rings is 1. The molecule has 0 radical (unpaired) electrons. The monoisotopic (exact) mass is 289 g/mol. The molecule has 21 heavy (non-hydrogen) atoms. The van der Waals surface area contributed by atoms with Crippen LogP contribution in [-0.4, -0.2) is 58.3 Å². The van der Waals surface area contributed by atoms with Gasteiger partial charge in [-0.25, -0.2) is 9.50 Å². The van der Waals surface area contributed by atoms with Gasteiger partial charge in [0.2, 0.25) is 5.91 Å². The molecule has 7 nitrogen and oxygen atoms in total. The molecule has 1 amide bonds. The molecule has 0 spiro atoms. The second-order valence-electron chi connectivity index (χ2n) is 5.31. The van der Waals surface area contributed by atoms with Crippen LogP contribution in [0.1, 0.15) is 12.1 Å². The highest BCUT2D eigenvalue weighted by Crippen LogP contribution is 2.15. The normalized spacial score (nSPS) is 18.4. The zero-order chi connectivity index (χ0) is 14.8. The molecule has 1 N–H and O–H groups in total. The van der Waals surface area contributed by atoms with Crippen LogP contribution in [-0.2, 0) is 9.53 Å². The molecule has 7 heteroatoms. The number of aromatic nitrogens is 3. The number of methoxy groups -OCH3 is 1. The van der Waals surface area contributed by atoms with Crippen LogP contribution >= 0.6 is 0 Å². The van der Waals surface area contributed by atoms with Gasteiger partial charge >= 0.3 is 0 Å². The first kappa shape index (κ1) is 13.8. The van der Waals surface area contributed by atoms with Crippen molar-refractivity contribution in [3.63, 3.8) is 0 Å². The van der Waals surface area contributed by atoms with Crippen LogP contribution in [0.3, 0.4) is 0 Å². The highest BCUT2D eigenvalue weighted by Gasteiger charge is 2.26. The zero-order valence-electron chi connectivity index (χ0n) is 12.2. The van der Waals surface area contributed by atoms with Gasteiger partial charge < -0.3 is 15.0 Å². The van der Waals surface area contributed by atoms with Crippen molar-refractivity contribution in [3.8, 4) is 0 Å². The first-order chi connectivity index (χ1) is 10.2. The topological polar surface area (TPSA) is 71.8 Å². The van der Waals surface area contributed by atoms with Crippen molar-refractivity contribution in [1.29, 1.82) is 0 Å². The Kier molecular flexibility index (Phi) is 3.74. The highest BCUT2D eigenvalue weighted by molar-refractivity contribution is 5.77. The Morgan fingerprint density at radius 3 is 3.19 bits per heavy atom. The number of rotatable bonds is 4. The van der Waals surface area contributed by atoms with Gasteiger partial charge in [0, 0.05) is 26.2 Å². The van der Waals surface area contributed by atoms with Crippen molar-refractivity contribution in [1.82, 2.24) is 19.5 Å². The van der Waals surface area contributed by atoms with E-state index in [1.165, 1.54) is 7.11 Å². The van der Waals surface area contributed by atoms with Gasteiger partial charge in [-0.3, -0.25) is 4.79 Å². The van der Waals surface area contributed by atoms with E-state index in [-0.39, 0.29) is 18.6 Å². The molecule has 0 unspecified atom stereocenters. The maximum atomic E-state index is 11.8. The number of carbonyl (C=O) groups is 1. The third-order valence-corrected chi connectivity index (χ3v) is 3.60. The standard InChI is InChI=1S/C14H19N5O2/c1-10-7-19-13(15-10)4-3-12(17-19)16-11-5-6-18(8-11)14(20)9-21-2/h3-4,7,11H,5-6,8-9H2,1-2H3,(H,16,17)/t11-/m0/s1. The molecule has 2 aromatic rings. The lowest BCUT2D eigenvalue weighted by Crippen LogP contribution is -2.34. The predicted octanol–water partition coefficient (Wildman–Crippen LogP) is 0.697. The van der Waals surface area contributed by atoms with E-state index in [0.717, 1.165) is 30.1 Å². The minimum absolute atomic E-state index is 0.0374. The molecule has 1 aliphatic heterocycles. The van der Waals surface area contributed by atoms with E-state index in [9.17, 15) is 4.79 Å². The summed E-state index contributed by atoms with van der Waals surface area (Å²) in [5.74, 6) is 0.835. The average Bonchev–Trinajstić information content (AvgIpc) is 3.04. The van der Waals surface area contributed by atoms with Crippen molar-refractivity contribution in [2.75, 3.05) is 32.1 Å². The van der Waals surface area contributed by atoms with Gasteiger partial charge in [-0.15, -0.1) is 5.10 Å². The van der Waals surface area contributed by atoms with E-state index in [1.807, 2.05) is 30.2 Å². The largest absolute Gasteiger partial charge is 0.375 e. The fourth-order valence-corrected chi connectivity index (χ4v) is 2.61.